The van der Waals surface area contributed by atoms with E-state index in [4.69, 9.17) is 0 Å². The Balaban J connectivity index is 1.89. The Morgan fingerprint density at radius 1 is 1.24 bits per heavy atom. The number of benzene rings is 2. The molecule has 0 saturated heterocycles. The van der Waals surface area contributed by atoms with Crippen LogP contribution in [-0.2, 0) is 4.79 Å². The van der Waals surface area contributed by atoms with E-state index in [9.17, 15) is 9.59 Å². The molecule has 2 amide bonds. The lowest BCUT2D eigenvalue weighted by Crippen LogP contribution is -2.16. The van der Waals surface area contributed by atoms with Gasteiger partial charge in [0, 0.05) is 28.3 Å². The SMILES string of the molecule is Cc1cccc(C(C)C)c1NC(=O)c1ccc2c(c1)NC(=O)CCS2. The third-order valence-electron chi connectivity index (χ3n) is 4.27. The molecular weight excluding hydrogens is 332 g/mol. The number of hydrogen-bond donors (Lipinski definition) is 2. The summed E-state index contributed by atoms with van der Waals surface area (Å²) in [4.78, 5) is 25.5. The molecule has 0 spiro atoms. The number of carbonyl (C=O) groups is 2. The first kappa shape index (κ1) is 17.5. The van der Waals surface area contributed by atoms with Gasteiger partial charge >= 0.3 is 0 Å². The largest absolute Gasteiger partial charge is 0.325 e. The second-order valence-electron chi connectivity index (χ2n) is 6.51. The molecule has 25 heavy (non-hydrogen) atoms. The van der Waals surface area contributed by atoms with E-state index in [2.05, 4.69) is 24.5 Å². The van der Waals surface area contributed by atoms with Gasteiger partial charge in [0.2, 0.25) is 5.91 Å². The number of aryl methyl sites for hydroxylation is 1. The van der Waals surface area contributed by atoms with Gasteiger partial charge in [0.05, 0.1) is 5.69 Å². The summed E-state index contributed by atoms with van der Waals surface area (Å²) in [5.41, 5.74) is 4.29. The fourth-order valence-electron chi connectivity index (χ4n) is 2.89. The van der Waals surface area contributed by atoms with E-state index in [1.54, 1.807) is 17.8 Å². The zero-order valence-electron chi connectivity index (χ0n) is 14.7. The average Bonchev–Trinajstić information content (AvgIpc) is 2.76. The highest BCUT2D eigenvalue weighted by Gasteiger charge is 2.17. The first-order chi connectivity index (χ1) is 12.0. The van der Waals surface area contributed by atoms with Crippen molar-refractivity contribution < 1.29 is 9.59 Å². The molecule has 1 aliphatic heterocycles. The summed E-state index contributed by atoms with van der Waals surface area (Å²) in [6.45, 7) is 6.22. The van der Waals surface area contributed by atoms with Crippen molar-refractivity contribution in [1.82, 2.24) is 0 Å². The topological polar surface area (TPSA) is 58.2 Å². The number of fused-ring (bicyclic) bond motifs is 1. The number of amides is 2. The van der Waals surface area contributed by atoms with Crippen molar-refractivity contribution in [2.24, 2.45) is 0 Å². The van der Waals surface area contributed by atoms with Gasteiger partial charge in [-0.3, -0.25) is 9.59 Å². The van der Waals surface area contributed by atoms with E-state index in [1.807, 2.05) is 37.3 Å². The van der Waals surface area contributed by atoms with E-state index in [0.29, 0.717) is 23.6 Å². The van der Waals surface area contributed by atoms with E-state index in [1.165, 1.54) is 0 Å². The lowest BCUT2D eigenvalue weighted by molar-refractivity contribution is -0.115. The maximum absolute atomic E-state index is 12.8. The van der Waals surface area contributed by atoms with Crippen molar-refractivity contribution in [2.75, 3.05) is 16.4 Å². The highest BCUT2D eigenvalue weighted by molar-refractivity contribution is 7.99. The van der Waals surface area contributed by atoms with Crippen LogP contribution in [0.2, 0.25) is 0 Å². The summed E-state index contributed by atoms with van der Waals surface area (Å²) >= 11 is 1.63. The fourth-order valence-corrected chi connectivity index (χ4v) is 3.83. The van der Waals surface area contributed by atoms with Gasteiger partial charge in [-0.25, -0.2) is 0 Å². The van der Waals surface area contributed by atoms with Crippen LogP contribution in [0.3, 0.4) is 0 Å². The molecule has 0 aliphatic carbocycles. The summed E-state index contributed by atoms with van der Waals surface area (Å²) in [5.74, 6) is 0.899. The number of nitrogens with one attached hydrogen (secondary N) is 2. The molecule has 130 valence electrons. The Morgan fingerprint density at radius 2 is 2.04 bits per heavy atom. The third-order valence-corrected chi connectivity index (χ3v) is 5.34. The minimum absolute atomic E-state index is 0.00944. The molecule has 2 N–H and O–H groups in total. The fraction of sp³-hybridized carbons (Fsp3) is 0.300. The van der Waals surface area contributed by atoms with E-state index in [0.717, 1.165) is 27.5 Å². The summed E-state index contributed by atoms with van der Waals surface area (Å²) < 4.78 is 0. The third kappa shape index (κ3) is 3.87. The number of anilines is 2. The van der Waals surface area contributed by atoms with Crippen molar-refractivity contribution >= 4 is 35.0 Å². The average molecular weight is 354 g/mol. The molecule has 0 aromatic heterocycles. The van der Waals surface area contributed by atoms with Crippen LogP contribution >= 0.6 is 11.8 Å². The van der Waals surface area contributed by atoms with Gasteiger partial charge in [-0.05, 0) is 42.2 Å². The number of rotatable bonds is 3. The Kier molecular flexibility index (Phi) is 5.13. The first-order valence-electron chi connectivity index (χ1n) is 8.43. The standard InChI is InChI=1S/C20H22N2O2S/c1-12(2)15-6-4-5-13(3)19(15)22-20(24)14-7-8-17-16(11-14)21-18(23)9-10-25-17/h4-8,11-12H,9-10H2,1-3H3,(H,21,23)(H,22,24). The molecule has 5 heteroatoms. The van der Waals surface area contributed by atoms with Crippen LogP contribution in [0.1, 0.15) is 47.7 Å². The molecule has 1 heterocycles. The molecule has 0 bridgehead atoms. The van der Waals surface area contributed by atoms with Crippen molar-refractivity contribution in [3.05, 3.63) is 53.1 Å². The summed E-state index contributed by atoms with van der Waals surface area (Å²) in [5, 5.41) is 5.93. The van der Waals surface area contributed by atoms with E-state index >= 15 is 0 Å². The predicted octanol–water partition coefficient (Wildman–Crippen LogP) is 4.81. The first-order valence-corrected chi connectivity index (χ1v) is 9.42. The van der Waals surface area contributed by atoms with Gasteiger partial charge in [-0.15, -0.1) is 11.8 Å². The second-order valence-corrected chi connectivity index (χ2v) is 7.64. The normalized spacial score (nSPS) is 13.8. The van der Waals surface area contributed by atoms with Gasteiger partial charge in [0.25, 0.3) is 5.91 Å². The summed E-state index contributed by atoms with van der Waals surface area (Å²) in [6, 6.07) is 11.5. The zero-order valence-corrected chi connectivity index (χ0v) is 15.5. The van der Waals surface area contributed by atoms with Crippen LogP contribution in [-0.4, -0.2) is 17.6 Å². The molecule has 0 atom stereocenters. The molecular formula is C20H22N2O2S. The smallest absolute Gasteiger partial charge is 0.255 e. The van der Waals surface area contributed by atoms with Gasteiger partial charge in [0.15, 0.2) is 0 Å². The molecule has 0 fully saturated rings. The van der Waals surface area contributed by atoms with Crippen molar-refractivity contribution in [3.63, 3.8) is 0 Å². The molecule has 1 aliphatic rings. The summed E-state index contributed by atoms with van der Waals surface area (Å²) in [7, 11) is 0. The van der Waals surface area contributed by atoms with E-state index < -0.39 is 0 Å². The minimum Gasteiger partial charge on any atom is -0.325 e. The maximum atomic E-state index is 12.8. The van der Waals surface area contributed by atoms with Crippen molar-refractivity contribution in [2.45, 2.75) is 38.0 Å². The van der Waals surface area contributed by atoms with Crippen molar-refractivity contribution in [1.29, 1.82) is 0 Å². The maximum Gasteiger partial charge on any atom is 0.255 e. The Labute approximate surface area is 152 Å². The van der Waals surface area contributed by atoms with Crippen LogP contribution in [0.5, 0.6) is 0 Å². The predicted molar refractivity (Wildman–Crippen MR) is 104 cm³/mol. The van der Waals surface area contributed by atoms with Crippen LogP contribution in [0, 0.1) is 6.92 Å². The summed E-state index contributed by atoms with van der Waals surface area (Å²) in [6.07, 6.45) is 0.488. The number of para-hydroxylation sites is 1. The Morgan fingerprint density at radius 3 is 2.80 bits per heavy atom. The van der Waals surface area contributed by atoms with Crippen LogP contribution in [0.25, 0.3) is 0 Å². The number of thioether (sulfide) groups is 1. The van der Waals surface area contributed by atoms with Crippen LogP contribution in [0.4, 0.5) is 11.4 Å². The highest BCUT2D eigenvalue weighted by Crippen LogP contribution is 2.32. The minimum atomic E-state index is -0.164. The van der Waals surface area contributed by atoms with E-state index in [-0.39, 0.29) is 11.8 Å². The molecule has 3 rings (SSSR count). The molecule has 0 saturated carbocycles. The highest BCUT2D eigenvalue weighted by atomic mass is 32.2. The Bertz CT molecular complexity index is 830. The van der Waals surface area contributed by atoms with Gasteiger partial charge < -0.3 is 10.6 Å². The quantitative estimate of drug-likeness (QED) is 0.832. The Hall–Kier alpha value is -2.27. The lowest BCUT2D eigenvalue weighted by Gasteiger charge is -2.17. The molecule has 0 radical (unpaired) electrons. The van der Waals surface area contributed by atoms with Crippen LogP contribution < -0.4 is 10.6 Å². The molecule has 0 unspecified atom stereocenters. The number of hydrogen-bond acceptors (Lipinski definition) is 3. The van der Waals surface area contributed by atoms with Crippen LogP contribution in [0.15, 0.2) is 41.3 Å². The second kappa shape index (κ2) is 7.31. The lowest BCUT2D eigenvalue weighted by atomic mass is 9.98. The zero-order chi connectivity index (χ0) is 18.0. The van der Waals surface area contributed by atoms with Gasteiger partial charge in [-0.1, -0.05) is 32.0 Å². The number of carbonyl (C=O) groups excluding carboxylic acids is 2. The molecule has 2 aromatic rings. The van der Waals surface area contributed by atoms with Gasteiger partial charge in [-0.2, -0.15) is 0 Å². The molecule has 2 aromatic carbocycles. The van der Waals surface area contributed by atoms with Crippen molar-refractivity contribution in [3.8, 4) is 0 Å². The monoisotopic (exact) mass is 354 g/mol. The van der Waals surface area contributed by atoms with Gasteiger partial charge in [0.1, 0.15) is 0 Å². The molecule has 4 nitrogen and oxygen atoms in total.